The maximum absolute atomic E-state index is 13.1. The number of hydrogen-bond acceptors (Lipinski definition) is 7. The van der Waals surface area contributed by atoms with E-state index in [0.29, 0.717) is 16.6 Å². The van der Waals surface area contributed by atoms with E-state index >= 15 is 0 Å². The summed E-state index contributed by atoms with van der Waals surface area (Å²) < 4.78 is 20.5. The van der Waals surface area contributed by atoms with Gasteiger partial charge in [-0.3, -0.25) is 9.52 Å². The Morgan fingerprint density at radius 2 is 1.97 bits per heavy atom. The number of aromatic nitrogens is 2. The number of thiazole rings is 1. The molecule has 0 bridgehead atoms. The normalized spacial score (nSPS) is 17.1. The molecule has 2 fully saturated rings. The van der Waals surface area contributed by atoms with Crippen molar-refractivity contribution in [3.05, 3.63) is 53.7 Å². The van der Waals surface area contributed by atoms with Gasteiger partial charge >= 0.3 is 0 Å². The van der Waals surface area contributed by atoms with Crippen molar-refractivity contribution in [3.8, 4) is 11.1 Å². The Bertz CT molecular complexity index is 1220. The van der Waals surface area contributed by atoms with Crippen LogP contribution in [0.3, 0.4) is 0 Å². The number of pyridine rings is 1. The number of morpholine rings is 1. The fourth-order valence-corrected chi connectivity index (χ4v) is 5.90. The zero-order valence-corrected chi connectivity index (χ0v) is 21.5. The average Bonchev–Trinajstić information content (AvgIpc) is 3.63. The van der Waals surface area contributed by atoms with E-state index < -0.39 is 16.4 Å². The van der Waals surface area contributed by atoms with E-state index in [0.717, 1.165) is 50.3 Å². The van der Waals surface area contributed by atoms with Gasteiger partial charge in [-0.1, -0.05) is 12.1 Å². The molecule has 0 radical (unpaired) electrons. The summed E-state index contributed by atoms with van der Waals surface area (Å²) in [6.45, 7) is 6.91. The molecule has 5 rings (SSSR count). The number of benzene rings is 1. The fraction of sp³-hybridized carbons (Fsp3) is 0.400. The maximum atomic E-state index is 13.1. The largest absolute Gasteiger partial charge is 0.378 e. The predicted molar refractivity (Wildman–Crippen MR) is 141 cm³/mol. The molecule has 1 atom stereocenters. The highest BCUT2D eigenvalue weighted by atomic mass is 32.2. The fourth-order valence-electron chi connectivity index (χ4n) is 3.79. The molecular weight excluding hydrogens is 482 g/mol. The molecule has 1 amide bonds. The SMILES string of the molecule is CC(C)(C(=O)Nc1ccc(-c2cccc(N3CCOCC3)c2)cn1)c1csc(NS(=O)C2CC2)n1. The van der Waals surface area contributed by atoms with Gasteiger partial charge < -0.3 is 15.0 Å². The van der Waals surface area contributed by atoms with Crippen molar-refractivity contribution in [2.24, 2.45) is 0 Å². The van der Waals surface area contributed by atoms with Crippen LogP contribution in [0.1, 0.15) is 32.4 Å². The van der Waals surface area contributed by atoms with E-state index in [1.54, 1.807) is 6.20 Å². The average molecular weight is 512 g/mol. The second kappa shape index (κ2) is 10.0. The number of ether oxygens (including phenoxy) is 1. The zero-order valence-electron chi connectivity index (χ0n) is 19.8. The van der Waals surface area contributed by atoms with Gasteiger partial charge in [0, 0.05) is 35.9 Å². The Balaban J connectivity index is 1.24. The lowest BCUT2D eigenvalue weighted by molar-refractivity contribution is -0.120. The molecule has 10 heteroatoms. The highest BCUT2D eigenvalue weighted by Gasteiger charge is 2.34. The molecule has 3 heterocycles. The number of nitrogens with one attached hydrogen (secondary N) is 2. The molecule has 3 aromatic rings. The van der Waals surface area contributed by atoms with Crippen LogP contribution in [0.25, 0.3) is 11.1 Å². The highest BCUT2D eigenvalue weighted by molar-refractivity contribution is 7.87. The van der Waals surface area contributed by atoms with E-state index in [1.807, 2.05) is 31.4 Å². The lowest BCUT2D eigenvalue weighted by atomic mass is 9.89. The van der Waals surface area contributed by atoms with E-state index in [1.165, 1.54) is 17.0 Å². The van der Waals surface area contributed by atoms with Crippen LogP contribution in [0, 0.1) is 0 Å². The van der Waals surface area contributed by atoms with E-state index in [9.17, 15) is 9.00 Å². The quantitative estimate of drug-likeness (QED) is 0.471. The number of anilines is 3. The molecule has 1 saturated carbocycles. The predicted octanol–water partition coefficient (Wildman–Crippen LogP) is 4.20. The standard InChI is InChI=1S/C25H29N5O3S2/c1-25(2,21-16-34-24(27-21)29-35(32)20-7-8-20)23(31)28-22-9-6-18(15-26-22)17-4-3-5-19(14-17)30-10-12-33-13-11-30/h3-6,9,14-16,20H,7-8,10-13H2,1-2H3,(H,27,29)(H,26,28,31). The molecule has 2 aromatic heterocycles. The second-order valence-electron chi connectivity index (χ2n) is 9.30. The summed E-state index contributed by atoms with van der Waals surface area (Å²) in [7, 11) is -1.11. The topological polar surface area (TPSA) is 96.5 Å². The first-order valence-corrected chi connectivity index (χ1v) is 13.8. The zero-order chi connectivity index (χ0) is 24.4. The molecule has 2 aliphatic rings. The van der Waals surface area contributed by atoms with Gasteiger partial charge in [0.2, 0.25) is 5.91 Å². The first-order chi connectivity index (χ1) is 16.9. The number of nitrogens with zero attached hydrogens (tertiary/aromatic N) is 3. The first-order valence-electron chi connectivity index (χ1n) is 11.7. The molecule has 2 N–H and O–H groups in total. The van der Waals surface area contributed by atoms with Crippen molar-refractivity contribution in [2.45, 2.75) is 37.4 Å². The first kappa shape index (κ1) is 23.9. The molecule has 1 unspecified atom stereocenters. The number of hydrogen-bond donors (Lipinski definition) is 2. The van der Waals surface area contributed by atoms with Gasteiger partial charge in [0.25, 0.3) is 0 Å². The van der Waals surface area contributed by atoms with Gasteiger partial charge in [-0.25, -0.2) is 14.2 Å². The summed E-state index contributed by atoms with van der Waals surface area (Å²) in [6.07, 6.45) is 3.74. The molecule has 8 nitrogen and oxygen atoms in total. The van der Waals surface area contributed by atoms with E-state index in [4.69, 9.17) is 4.74 Å². The van der Waals surface area contributed by atoms with Gasteiger partial charge in [-0.2, -0.15) is 0 Å². The summed E-state index contributed by atoms with van der Waals surface area (Å²) in [4.78, 5) is 24.4. The third-order valence-corrected chi connectivity index (χ3v) is 8.65. The van der Waals surface area contributed by atoms with Crippen molar-refractivity contribution in [3.63, 3.8) is 0 Å². The van der Waals surface area contributed by atoms with E-state index in [2.05, 4.69) is 49.2 Å². The molecule has 0 spiro atoms. The number of amides is 1. The van der Waals surface area contributed by atoms with Crippen LogP contribution in [-0.2, 0) is 25.9 Å². The van der Waals surface area contributed by atoms with Gasteiger partial charge in [0.1, 0.15) is 16.8 Å². The van der Waals surface area contributed by atoms with Crippen molar-refractivity contribution in [1.82, 2.24) is 9.97 Å². The monoisotopic (exact) mass is 511 g/mol. The molecular formula is C25H29N5O3S2. The van der Waals surface area contributed by atoms with Crippen LogP contribution in [0.5, 0.6) is 0 Å². The third kappa shape index (κ3) is 5.55. The Labute approximate surface area is 211 Å². The summed E-state index contributed by atoms with van der Waals surface area (Å²) in [5.41, 5.74) is 2.99. The summed E-state index contributed by atoms with van der Waals surface area (Å²) in [5.74, 6) is 0.284. The number of rotatable bonds is 8. The Hall–Kier alpha value is -2.82. The lowest BCUT2D eigenvalue weighted by Gasteiger charge is -2.29. The Kier molecular flexibility index (Phi) is 6.86. The van der Waals surface area contributed by atoms with Crippen LogP contribution < -0.4 is 14.9 Å². The minimum Gasteiger partial charge on any atom is -0.378 e. The molecule has 1 aromatic carbocycles. The van der Waals surface area contributed by atoms with Crippen molar-refractivity contribution < 1.29 is 13.7 Å². The highest BCUT2D eigenvalue weighted by Crippen LogP contribution is 2.32. The number of carbonyl (C=O) groups excluding carboxylic acids is 1. The van der Waals surface area contributed by atoms with Gasteiger partial charge in [-0.15, -0.1) is 11.3 Å². The smallest absolute Gasteiger partial charge is 0.237 e. The van der Waals surface area contributed by atoms with Crippen LogP contribution in [-0.4, -0.2) is 51.6 Å². The molecule has 35 heavy (non-hydrogen) atoms. The van der Waals surface area contributed by atoms with Crippen LogP contribution in [0.4, 0.5) is 16.6 Å². The Morgan fingerprint density at radius 1 is 1.17 bits per heavy atom. The van der Waals surface area contributed by atoms with Crippen LogP contribution in [0.2, 0.25) is 0 Å². The minimum atomic E-state index is -1.11. The maximum Gasteiger partial charge on any atom is 0.237 e. The number of carbonyl (C=O) groups is 1. The minimum absolute atomic E-state index is 0.202. The summed E-state index contributed by atoms with van der Waals surface area (Å²) in [5, 5.41) is 5.54. The third-order valence-electron chi connectivity index (χ3n) is 6.29. The van der Waals surface area contributed by atoms with E-state index in [-0.39, 0.29) is 11.2 Å². The van der Waals surface area contributed by atoms with Crippen LogP contribution in [0.15, 0.2) is 48.0 Å². The Morgan fingerprint density at radius 3 is 2.69 bits per heavy atom. The van der Waals surface area contributed by atoms with Crippen LogP contribution >= 0.6 is 11.3 Å². The summed E-state index contributed by atoms with van der Waals surface area (Å²) in [6, 6.07) is 12.2. The van der Waals surface area contributed by atoms with Gasteiger partial charge in [0.05, 0.1) is 29.6 Å². The lowest BCUT2D eigenvalue weighted by Crippen LogP contribution is -2.36. The molecule has 1 aliphatic carbocycles. The second-order valence-corrected chi connectivity index (χ2v) is 11.6. The van der Waals surface area contributed by atoms with Gasteiger partial charge in [0.15, 0.2) is 5.13 Å². The van der Waals surface area contributed by atoms with Crippen molar-refractivity contribution >= 4 is 44.9 Å². The van der Waals surface area contributed by atoms with Gasteiger partial charge in [-0.05, 0) is 56.5 Å². The van der Waals surface area contributed by atoms with Crippen molar-refractivity contribution in [1.29, 1.82) is 0 Å². The van der Waals surface area contributed by atoms with Crippen molar-refractivity contribution in [2.75, 3.05) is 41.2 Å². The molecule has 1 aliphatic heterocycles. The summed E-state index contributed by atoms with van der Waals surface area (Å²) >= 11 is 1.36. The molecule has 1 saturated heterocycles. The molecule has 184 valence electrons.